The highest BCUT2D eigenvalue weighted by Crippen LogP contribution is 2.41. The van der Waals surface area contributed by atoms with Gasteiger partial charge in [-0.15, -0.1) is 0 Å². The van der Waals surface area contributed by atoms with Gasteiger partial charge in [0.1, 0.15) is 30.5 Å². The molecule has 0 spiro atoms. The molecule has 1 N–H and O–H groups in total. The molecule has 0 amide bonds. The molecule has 8 atom stereocenters. The zero-order valence-electron chi connectivity index (χ0n) is 19.1. The van der Waals surface area contributed by atoms with Crippen molar-refractivity contribution in [3.63, 3.8) is 0 Å². The molecule has 3 fully saturated rings. The van der Waals surface area contributed by atoms with Crippen LogP contribution in [0.3, 0.4) is 0 Å². The van der Waals surface area contributed by atoms with E-state index in [-0.39, 0.29) is 6.61 Å². The molecule has 7 nitrogen and oxygen atoms in total. The van der Waals surface area contributed by atoms with Crippen LogP contribution in [0.25, 0.3) is 0 Å². The Morgan fingerprint density at radius 3 is 1.51 bits per heavy atom. The Labute approximate surface area is 204 Å². The number of hydrogen-bond donors (Lipinski definition) is 1. The first-order valence-corrected chi connectivity index (χ1v) is 11.9. The van der Waals surface area contributed by atoms with Gasteiger partial charge >= 0.3 is 0 Å². The van der Waals surface area contributed by atoms with Crippen molar-refractivity contribution >= 4 is 0 Å². The fraction of sp³-hybridized carbons (Fsp3) is 0.357. The largest absolute Gasteiger partial charge is 0.388 e. The summed E-state index contributed by atoms with van der Waals surface area (Å²) >= 11 is 0. The van der Waals surface area contributed by atoms with Crippen LogP contribution in [-0.2, 0) is 28.4 Å². The second kappa shape index (κ2) is 10.2. The van der Waals surface area contributed by atoms with Crippen LogP contribution >= 0.6 is 0 Å². The molecular formula is C28H28O7. The lowest BCUT2D eigenvalue weighted by molar-refractivity contribution is -0.391. The third-order valence-corrected chi connectivity index (χ3v) is 6.58. The summed E-state index contributed by atoms with van der Waals surface area (Å²) in [4.78, 5) is 0. The maximum absolute atomic E-state index is 11.0. The van der Waals surface area contributed by atoms with Gasteiger partial charge in [-0.2, -0.15) is 0 Å². The molecule has 0 bridgehead atoms. The Kier molecular flexibility index (Phi) is 6.63. The zero-order chi connectivity index (χ0) is 23.6. The summed E-state index contributed by atoms with van der Waals surface area (Å²) in [6.07, 6.45) is -4.92. The van der Waals surface area contributed by atoms with Crippen LogP contribution in [0.1, 0.15) is 35.6 Å². The van der Waals surface area contributed by atoms with E-state index in [1.165, 1.54) is 0 Å². The molecule has 0 unspecified atom stereocenters. The number of hydrogen-bond acceptors (Lipinski definition) is 7. The minimum atomic E-state index is -0.892. The molecule has 3 aliphatic heterocycles. The van der Waals surface area contributed by atoms with Gasteiger partial charge in [0.25, 0.3) is 0 Å². The first-order chi connectivity index (χ1) is 17.3. The van der Waals surface area contributed by atoms with E-state index in [1.54, 1.807) is 0 Å². The van der Waals surface area contributed by atoms with Crippen LogP contribution in [0.4, 0.5) is 0 Å². The Balaban J connectivity index is 1.30. The van der Waals surface area contributed by atoms with Gasteiger partial charge in [0.2, 0.25) is 0 Å². The van der Waals surface area contributed by atoms with E-state index < -0.39 is 49.4 Å². The highest BCUT2D eigenvalue weighted by Gasteiger charge is 2.52. The van der Waals surface area contributed by atoms with Gasteiger partial charge in [-0.05, 0) is 0 Å². The molecule has 0 aromatic heterocycles. The topological polar surface area (TPSA) is 75.6 Å². The first kappa shape index (κ1) is 22.8. The molecule has 3 saturated heterocycles. The minimum absolute atomic E-state index is 0.122. The van der Waals surface area contributed by atoms with Crippen LogP contribution in [0, 0.1) is 0 Å². The summed E-state index contributed by atoms with van der Waals surface area (Å²) in [7, 11) is 0. The predicted octanol–water partition coefficient (Wildman–Crippen LogP) is 4.06. The van der Waals surface area contributed by atoms with Gasteiger partial charge in [0.05, 0.1) is 13.2 Å². The van der Waals surface area contributed by atoms with Crippen molar-refractivity contribution in [3.8, 4) is 0 Å². The van der Waals surface area contributed by atoms with Crippen molar-refractivity contribution in [3.05, 3.63) is 108 Å². The van der Waals surface area contributed by atoms with E-state index in [0.29, 0.717) is 6.61 Å². The molecule has 6 rings (SSSR count). The predicted molar refractivity (Wildman–Crippen MR) is 125 cm³/mol. The third kappa shape index (κ3) is 4.77. The highest BCUT2D eigenvalue weighted by molar-refractivity contribution is 5.19. The number of aliphatic hydroxyl groups is 1. The van der Waals surface area contributed by atoms with Crippen molar-refractivity contribution in [2.45, 2.75) is 49.4 Å². The Hall–Kier alpha value is -2.62. The van der Waals surface area contributed by atoms with Crippen LogP contribution < -0.4 is 0 Å². The van der Waals surface area contributed by atoms with Crippen molar-refractivity contribution in [2.75, 3.05) is 13.2 Å². The average Bonchev–Trinajstić information content (AvgIpc) is 2.94. The van der Waals surface area contributed by atoms with E-state index in [4.69, 9.17) is 28.4 Å². The molecule has 3 aliphatic rings. The van der Waals surface area contributed by atoms with Crippen molar-refractivity contribution in [1.29, 1.82) is 0 Å². The zero-order valence-corrected chi connectivity index (χ0v) is 19.1. The van der Waals surface area contributed by atoms with Crippen LogP contribution in [0.2, 0.25) is 0 Å². The van der Waals surface area contributed by atoms with Crippen LogP contribution in [-0.4, -0.2) is 48.8 Å². The first-order valence-electron chi connectivity index (χ1n) is 11.9. The molecule has 3 aromatic rings. The van der Waals surface area contributed by atoms with Crippen LogP contribution in [0.5, 0.6) is 0 Å². The van der Waals surface area contributed by atoms with Crippen molar-refractivity contribution in [1.82, 2.24) is 0 Å². The molecule has 0 aliphatic carbocycles. The molecular weight excluding hydrogens is 448 g/mol. The maximum Gasteiger partial charge on any atom is 0.184 e. The normalized spacial score (nSPS) is 35.2. The number of benzene rings is 3. The lowest BCUT2D eigenvalue weighted by Gasteiger charge is -2.49. The summed E-state index contributed by atoms with van der Waals surface area (Å²) in [6, 6.07) is 29.2. The molecule has 182 valence electrons. The second-order valence-corrected chi connectivity index (χ2v) is 8.94. The monoisotopic (exact) mass is 476 g/mol. The fourth-order valence-electron chi connectivity index (χ4n) is 4.81. The lowest BCUT2D eigenvalue weighted by atomic mass is 9.95. The van der Waals surface area contributed by atoms with Gasteiger partial charge in [0.15, 0.2) is 18.9 Å². The Bertz CT molecular complexity index is 1030. The Morgan fingerprint density at radius 2 is 0.943 bits per heavy atom. The molecule has 0 radical (unpaired) electrons. The standard InChI is InChI=1S/C28H28O7/c29-21-16-30-26(18-10-4-1-5-11-18)33-23(21)25-24-22(32-28(35-25)20-14-8-3-9-15-20)17-31-27(34-24)19-12-6-2-7-13-19/h1-15,21-29H,16-17H2/t21-,22-,23-,24+,25-,26-,27+,28+/m1/s1. The SMILES string of the molecule is O[C@@H]1CO[C@@H](c2ccccc2)O[C@H]1[C@H]1O[C@@H](c2ccccc2)O[C@@H]2CO[C@H](c3ccccc3)O[C@H]12. The van der Waals surface area contributed by atoms with E-state index in [9.17, 15) is 5.11 Å². The quantitative estimate of drug-likeness (QED) is 0.609. The summed E-state index contributed by atoms with van der Waals surface area (Å²) in [6.45, 7) is 0.450. The molecule has 7 heteroatoms. The molecule has 35 heavy (non-hydrogen) atoms. The molecule has 0 saturated carbocycles. The van der Waals surface area contributed by atoms with Gasteiger partial charge in [-0.1, -0.05) is 91.0 Å². The van der Waals surface area contributed by atoms with Gasteiger partial charge in [0, 0.05) is 16.7 Å². The van der Waals surface area contributed by atoms with E-state index >= 15 is 0 Å². The van der Waals surface area contributed by atoms with Crippen molar-refractivity contribution in [2.24, 2.45) is 0 Å². The summed E-state index contributed by atoms with van der Waals surface area (Å²) in [5.74, 6) is 0. The minimum Gasteiger partial charge on any atom is -0.388 e. The average molecular weight is 477 g/mol. The maximum atomic E-state index is 11.0. The van der Waals surface area contributed by atoms with Gasteiger partial charge < -0.3 is 33.5 Å². The second-order valence-electron chi connectivity index (χ2n) is 8.94. The summed E-state index contributed by atoms with van der Waals surface area (Å²) in [5, 5.41) is 11.0. The smallest absolute Gasteiger partial charge is 0.184 e. The van der Waals surface area contributed by atoms with Crippen LogP contribution in [0.15, 0.2) is 91.0 Å². The third-order valence-electron chi connectivity index (χ3n) is 6.58. The van der Waals surface area contributed by atoms with Crippen molar-refractivity contribution < 1.29 is 33.5 Å². The summed E-state index contributed by atoms with van der Waals surface area (Å²) in [5.41, 5.74) is 2.66. The number of fused-ring (bicyclic) bond motifs is 1. The number of ether oxygens (including phenoxy) is 6. The highest BCUT2D eigenvalue weighted by atomic mass is 16.8. The molecule has 3 heterocycles. The lowest BCUT2D eigenvalue weighted by Crippen LogP contribution is -2.62. The van der Waals surface area contributed by atoms with E-state index in [1.807, 2.05) is 91.0 Å². The summed E-state index contributed by atoms with van der Waals surface area (Å²) < 4.78 is 37.4. The fourth-order valence-corrected chi connectivity index (χ4v) is 4.81. The van der Waals surface area contributed by atoms with E-state index in [2.05, 4.69) is 0 Å². The van der Waals surface area contributed by atoms with Gasteiger partial charge in [-0.25, -0.2) is 0 Å². The molecule has 3 aromatic carbocycles. The Morgan fingerprint density at radius 1 is 0.486 bits per heavy atom. The number of aliphatic hydroxyl groups excluding tert-OH is 1. The van der Waals surface area contributed by atoms with Gasteiger partial charge in [-0.3, -0.25) is 0 Å². The number of rotatable bonds is 4. The van der Waals surface area contributed by atoms with E-state index in [0.717, 1.165) is 16.7 Å².